The predicted octanol–water partition coefficient (Wildman–Crippen LogP) is 3.15. The molecule has 0 saturated carbocycles. The van der Waals surface area contributed by atoms with Crippen LogP contribution < -0.4 is 5.32 Å². The first-order valence-electron chi connectivity index (χ1n) is 6.59. The van der Waals surface area contributed by atoms with Gasteiger partial charge in [0.2, 0.25) is 0 Å². The molecule has 5 heteroatoms. The van der Waals surface area contributed by atoms with Crippen LogP contribution in [-0.4, -0.2) is 16.5 Å². The molecule has 2 aromatic rings. The summed E-state index contributed by atoms with van der Waals surface area (Å²) >= 11 is 0. The highest BCUT2D eigenvalue weighted by atomic mass is 19.2. The van der Waals surface area contributed by atoms with Gasteiger partial charge in [-0.25, -0.2) is 18.7 Å². The van der Waals surface area contributed by atoms with Gasteiger partial charge in [-0.3, -0.25) is 0 Å². The van der Waals surface area contributed by atoms with Gasteiger partial charge in [0, 0.05) is 6.20 Å². The van der Waals surface area contributed by atoms with Crippen molar-refractivity contribution in [2.75, 3.05) is 6.54 Å². The van der Waals surface area contributed by atoms with Crippen molar-refractivity contribution in [3.05, 3.63) is 59.2 Å². The third kappa shape index (κ3) is 3.36. The van der Waals surface area contributed by atoms with Crippen molar-refractivity contribution in [2.45, 2.75) is 26.3 Å². The van der Waals surface area contributed by atoms with Crippen LogP contribution in [0.15, 0.2) is 30.5 Å². The fraction of sp³-hybridized carbons (Fsp3) is 0.333. The first-order valence-corrected chi connectivity index (χ1v) is 6.59. The lowest BCUT2D eigenvalue weighted by Gasteiger charge is -2.19. The summed E-state index contributed by atoms with van der Waals surface area (Å²) in [6, 6.07) is 5.43. The third-order valence-electron chi connectivity index (χ3n) is 2.97. The van der Waals surface area contributed by atoms with Crippen LogP contribution in [0.25, 0.3) is 0 Å². The Labute approximate surface area is 117 Å². The van der Waals surface area contributed by atoms with Crippen molar-refractivity contribution in [1.82, 2.24) is 15.3 Å². The fourth-order valence-corrected chi connectivity index (χ4v) is 2.01. The van der Waals surface area contributed by atoms with E-state index in [9.17, 15) is 8.78 Å². The topological polar surface area (TPSA) is 37.8 Å². The van der Waals surface area contributed by atoms with E-state index in [1.807, 2.05) is 6.92 Å². The van der Waals surface area contributed by atoms with E-state index < -0.39 is 11.6 Å². The first kappa shape index (κ1) is 14.5. The zero-order chi connectivity index (χ0) is 14.5. The van der Waals surface area contributed by atoms with Crippen LogP contribution in [0.1, 0.15) is 36.5 Å². The molecule has 0 saturated heterocycles. The van der Waals surface area contributed by atoms with Gasteiger partial charge in [0.25, 0.3) is 0 Å². The molecule has 106 valence electrons. The molecule has 1 atom stereocenters. The molecule has 0 spiro atoms. The van der Waals surface area contributed by atoms with Crippen LogP contribution in [0.5, 0.6) is 0 Å². The molecule has 0 radical (unpaired) electrons. The summed E-state index contributed by atoms with van der Waals surface area (Å²) in [6.07, 6.45) is 2.60. The lowest BCUT2D eigenvalue weighted by Crippen LogP contribution is -2.24. The van der Waals surface area contributed by atoms with Gasteiger partial charge in [0.15, 0.2) is 11.6 Å². The van der Waals surface area contributed by atoms with Crippen molar-refractivity contribution >= 4 is 0 Å². The quantitative estimate of drug-likeness (QED) is 0.912. The van der Waals surface area contributed by atoms with Gasteiger partial charge >= 0.3 is 0 Å². The number of hydrogen-bond donors (Lipinski definition) is 1. The van der Waals surface area contributed by atoms with Crippen molar-refractivity contribution in [3.8, 4) is 0 Å². The van der Waals surface area contributed by atoms with E-state index in [0.717, 1.165) is 24.7 Å². The van der Waals surface area contributed by atoms with Crippen molar-refractivity contribution in [2.24, 2.45) is 0 Å². The van der Waals surface area contributed by atoms with Crippen molar-refractivity contribution in [3.63, 3.8) is 0 Å². The number of nitrogens with one attached hydrogen (secondary N) is 1. The highest BCUT2D eigenvalue weighted by Crippen LogP contribution is 2.22. The van der Waals surface area contributed by atoms with Crippen LogP contribution in [0.3, 0.4) is 0 Å². The lowest BCUT2D eigenvalue weighted by molar-refractivity contribution is 0.502. The molecule has 1 N–H and O–H groups in total. The minimum absolute atomic E-state index is 0.272. The van der Waals surface area contributed by atoms with E-state index in [2.05, 4.69) is 15.3 Å². The normalized spacial score (nSPS) is 12.4. The zero-order valence-corrected chi connectivity index (χ0v) is 11.5. The Hall–Kier alpha value is -1.88. The van der Waals surface area contributed by atoms with Gasteiger partial charge in [0.1, 0.15) is 5.82 Å². The molecule has 0 amide bonds. The number of nitrogens with zero attached hydrogens (tertiary/aromatic N) is 2. The zero-order valence-electron chi connectivity index (χ0n) is 11.5. The summed E-state index contributed by atoms with van der Waals surface area (Å²) in [5.74, 6) is -1.05. The smallest absolute Gasteiger partial charge is 0.159 e. The predicted molar refractivity (Wildman–Crippen MR) is 73.3 cm³/mol. The highest BCUT2D eigenvalue weighted by Gasteiger charge is 2.17. The molecule has 1 aromatic heterocycles. The molecule has 0 fully saturated rings. The number of hydrogen-bond acceptors (Lipinski definition) is 3. The highest BCUT2D eigenvalue weighted by molar-refractivity contribution is 5.28. The van der Waals surface area contributed by atoms with E-state index in [0.29, 0.717) is 11.4 Å². The Kier molecular flexibility index (Phi) is 4.74. The SMILES string of the molecule is CCCNC(c1ccc(F)c(F)c1)c1ccnc(C)n1. The van der Waals surface area contributed by atoms with Gasteiger partial charge in [-0.1, -0.05) is 13.0 Å². The summed E-state index contributed by atoms with van der Waals surface area (Å²) in [5, 5.41) is 3.30. The molecule has 1 unspecified atom stereocenters. The summed E-state index contributed by atoms with van der Waals surface area (Å²) in [6.45, 7) is 4.60. The number of aryl methyl sites for hydroxylation is 1. The maximum absolute atomic E-state index is 13.4. The molecule has 1 heterocycles. The second kappa shape index (κ2) is 6.52. The molecule has 20 heavy (non-hydrogen) atoms. The average Bonchev–Trinajstić information content (AvgIpc) is 2.43. The number of halogens is 2. The maximum Gasteiger partial charge on any atom is 0.159 e. The van der Waals surface area contributed by atoms with Gasteiger partial charge in [-0.15, -0.1) is 0 Å². The summed E-state index contributed by atoms with van der Waals surface area (Å²) in [5.41, 5.74) is 1.40. The van der Waals surface area contributed by atoms with Crippen LogP contribution in [0.2, 0.25) is 0 Å². The fourth-order valence-electron chi connectivity index (χ4n) is 2.01. The van der Waals surface area contributed by atoms with Crippen LogP contribution in [-0.2, 0) is 0 Å². The standard InChI is InChI=1S/C15H17F2N3/c1-3-7-19-15(14-6-8-18-10(2)20-14)11-4-5-12(16)13(17)9-11/h4-6,8-9,15,19H,3,7H2,1-2H3. The molecule has 3 nitrogen and oxygen atoms in total. The minimum Gasteiger partial charge on any atom is -0.305 e. The van der Waals surface area contributed by atoms with Gasteiger partial charge < -0.3 is 5.32 Å². The average molecular weight is 277 g/mol. The maximum atomic E-state index is 13.4. The van der Waals surface area contributed by atoms with E-state index in [1.54, 1.807) is 25.3 Å². The van der Waals surface area contributed by atoms with Gasteiger partial charge in [-0.2, -0.15) is 0 Å². The van der Waals surface area contributed by atoms with Gasteiger partial charge in [0.05, 0.1) is 11.7 Å². The van der Waals surface area contributed by atoms with E-state index in [4.69, 9.17) is 0 Å². The summed E-state index contributed by atoms with van der Waals surface area (Å²) in [4.78, 5) is 8.42. The summed E-state index contributed by atoms with van der Waals surface area (Å²) in [7, 11) is 0. The molecule has 1 aromatic carbocycles. The van der Waals surface area contributed by atoms with Crippen molar-refractivity contribution < 1.29 is 8.78 Å². The Morgan fingerprint density at radius 1 is 1.20 bits per heavy atom. The van der Waals surface area contributed by atoms with Crippen LogP contribution in [0.4, 0.5) is 8.78 Å². The van der Waals surface area contributed by atoms with Gasteiger partial charge in [-0.05, 0) is 43.7 Å². The largest absolute Gasteiger partial charge is 0.305 e. The number of aromatic nitrogens is 2. The summed E-state index contributed by atoms with van der Waals surface area (Å²) < 4.78 is 26.5. The Morgan fingerprint density at radius 2 is 2.00 bits per heavy atom. The van der Waals surface area contributed by atoms with E-state index in [1.165, 1.54) is 6.07 Å². The number of rotatable bonds is 5. The first-order chi connectivity index (χ1) is 9.61. The minimum atomic E-state index is -0.850. The molecule has 0 aliphatic carbocycles. The third-order valence-corrected chi connectivity index (χ3v) is 2.97. The van der Waals surface area contributed by atoms with Crippen molar-refractivity contribution in [1.29, 1.82) is 0 Å². The second-order valence-corrected chi connectivity index (χ2v) is 4.59. The monoisotopic (exact) mass is 277 g/mol. The van der Waals surface area contributed by atoms with E-state index in [-0.39, 0.29) is 6.04 Å². The Bertz CT molecular complexity index is 587. The van der Waals surface area contributed by atoms with Crippen LogP contribution in [0, 0.1) is 18.6 Å². The number of benzene rings is 1. The van der Waals surface area contributed by atoms with E-state index >= 15 is 0 Å². The Balaban J connectivity index is 2.38. The molecule has 2 rings (SSSR count). The molecule has 0 aliphatic heterocycles. The Morgan fingerprint density at radius 3 is 2.65 bits per heavy atom. The van der Waals surface area contributed by atoms with Crippen LogP contribution >= 0.6 is 0 Å². The lowest BCUT2D eigenvalue weighted by atomic mass is 10.0. The molecular formula is C15H17F2N3. The second-order valence-electron chi connectivity index (χ2n) is 4.59. The molecule has 0 bridgehead atoms. The molecule has 0 aliphatic rings. The molecular weight excluding hydrogens is 260 g/mol.